The Bertz CT molecular complexity index is 409. The fourth-order valence-electron chi connectivity index (χ4n) is 2.10. The summed E-state index contributed by atoms with van der Waals surface area (Å²) in [7, 11) is 1.70. The van der Waals surface area contributed by atoms with Crippen LogP contribution in [-0.2, 0) is 11.2 Å². The van der Waals surface area contributed by atoms with Gasteiger partial charge in [-0.3, -0.25) is 0 Å². The minimum Gasteiger partial charge on any atom is -0.490 e. The third-order valence-corrected chi connectivity index (χ3v) is 3.41. The second kappa shape index (κ2) is 9.64. The Morgan fingerprint density at radius 3 is 2.62 bits per heavy atom. The first-order chi connectivity index (χ1) is 10.1. The summed E-state index contributed by atoms with van der Waals surface area (Å²) in [6.45, 7) is 7.42. The molecule has 0 saturated heterocycles. The molecule has 1 aromatic rings. The van der Waals surface area contributed by atoms with Gasteiger partial charge in [-0.1, -0.05) is 19.1 Å². The topological polar surface area (TPSA) is 53.7 Å². The molecule has 0 aliphatic heterocycles. The number of methoxy groups -OCH3 is 1. The minimum atomic E-state index is 0.0724. The van der Waals surface area contributed by atoms with Crippen molar-refractivity contribution in [1.29, 1.82) is 0 Å². The Balaban J connectivity index is 2.93. The van der Waals surface area contributed by atoms with Crippen LogP contribution in [0.3, 0.4) is 0 Å². The molecule has 0 fully saturated rings. The first-order valence-corrected chi connectivity index (χ1v) is 7.78. The number of ether oxygens (including phenoxy) is 3. The van der Waals surface area contributed by atoms with Crippen LogP contribution in [-0.4, -0.2) is 32.5 Å². The van der Waals surface area contributed by atoms with E-state index in [1.54, 1.807) is 7.11 Å². The molecule has 1 aromatic carbocycles. The van der Waals surface area contributed by atoms with Crippen LogP contribution in [0.2, 0.25) is 0 Å². The Labute approximate surface area is 128 Å². The zero-order chi connectivity index (χ0) is 15.7. The number of benzene rings is 1. The van der Waals surface area contributed by atoms with Crippen molar-refractivity contribution in [3.63, 3.8) is 0 Å². The third kappa shape index (κ3) is 5.94. The van der Waals surface area contributed by atoms with E-state index < -0.39 is 0 Å². The average Bonchev–Trinajstić information content (AvgIpc) is 2.48. The van der Waals surface area contributed by atoms with E-state index in [9.17, 15) is 0 Å². The predicted octanol–water partition coefficient (Wildman–Crippen LogP) is 3.17. The predicted molar refractivity (Wildman–Crippen MR) is 86.2 cm³/mol. The van der Waals surface area contributed by atoms with Gasteiger partial charge >= 0.3 is 0 Å². The van der Waals surface area contributed by atoms with Crippen LogP contribution in [0.1, 0.15) is 39.2 Å². The maximum atomic E-state index is 6.12. The Hall–Kier alpha value is -1.26. The van der Waals surface area contributed by atoms with Crippen molar-refractivity contribution in [3.8, 4) is 11.5 Å². The molecule has 0 spiro atoms. The van der Waals surface area contributed by atoms with Crippen LogP contribution < -0.4 is 15.2 Å². The zero-order valence-corrected chi connectivity index (χ0v) is 13.7. The summed E-state index contributed by atoms with van der Waals surface area (Å²) in [5, 5.41) is 0. The van der Waals surface area contributed by atoms with Crippen molar-refractivity contribution < 1.29 is 14.2 Å². The largest absolute Gasteiger partial charge is 0.490 e. The maximum absolute atomic E-state index is 6.12. The van der Waals surface area contributed by atoms with E-state index in [0.29, 0.717) is 13.2 Å². The van der Waals surface area contributed by atoms with E-state index in [-0.39, 0.29) is 12.1 Å². The first kappa shape index (κ1) is 17.8. The third-order valence-electron chi connectivity index (χ3n) is 3.41. The van der Waals surface area contributed by atoms with Gasteiger partial charge in [0.15, 0.2) is 11.5 Å². The van der Waals surface area contributed by atoms with Gasteiger partial charge in [0.25, 0.3) is 0 Å². The van der Waals surface area contributed by atoms with Gasteiger partial charge < -0.3 is 19.9 Å². The fraction of sp³-hybridized carbons (Fsp3) is 0.647. The van der Waals surface area contributed by atoms with Crippen molar-refractivity contribution in [3.05, 3.63) is 23.8 Å². The van der Waals surface area contributed by atoms with Crippen molar-refractivity contribution in [2.75, 3.05) is 20.3 Å². The van der Waals surface area contributed by atoms with Gasteiger partial charge in [0.2, 0.25) is 0 Å². The van der Waals surface area contributed by atoms with Gasteiger partial charge in [-0.25, -0.2) is 0 Å². The molecule has 0 aromatic heterocycles. The molecule has 0 aliphatic carbocycles. The SMILES string of the molecule is CCOc1cccc(CC(N)CC)c1OC(C)CCOC. The molecular weight excluding hydrogens is 266 g/mol. The summed E-state index contributed by atoms with van der Waals surface area (Å²) >= 11 is 0. The summed E-state index contributed by atoms with van der Waals surface area (Å²) in [6, 6.07) is 6.15. The number of para-hydroxylation sites is 1. The maximum Gasteiger partial charge on any atom is 0.164 e. The highest BCUT2D eigenvalue weighted by molar-refractivity contribution is 5.47. The van der Waals surface area contributed by atoms with Gasteiger partial charge in [-0.2, -0.15) is 0 Å². The minimum absolute atomic E-state index is 0.0724. The van der Waals surface area contributed by atoms with Crippen LogP contribution in [0.5, 0.6) is 11.5 Å². The molecule has 2 atom stereocenters. The summed E-state index contributed by atoms with van der Waals surface area (Å²) in [5.41, 5.74) is 7.20. The second-order valence-electron chi connectivity index (χ2n) is 5.26. The molecule has 2 N–H and O–H groups in total. The lowest BCUT2D eigenvalue weighted by atomic mass is 10.0. The number of hydrogen-bond donors (Lipinski definition) is 1. The number of hydrogen-bond acceptors (Lipinski definition) is 4. The fourth-order valence-corrected chi connectivity index (χ4v) is 2.10. The molecular formula is C17H29NO3. The molecule has 0 heterocycles. The van der Waals surface area contributed by atoms with E-state index in [2.05, 4.69) is 13.0 Å². The van der Waals surface area contributed by atoms with Gasteiger partial charge in [-0.05, 0) is 38.3 Å². The van der Waals surface area contributed by atoms with E-state index in [1.807, 2.05) is 26.0 Å². The number of rotatable bonds is 10. The van der Waals surface area contributed by atoms with Gasteiger partial charge in [0.05, 0.1) is 12.7 Å². The monoisotopic (exact) mass is 295 g/mol. The quantitative estimate of drug-likeness (QED) is 0.720. The van der Waals surface area contributed by atoms with Gasteiger partial charge in [0.1, 0.15) is 0 Å². The molecule has 21 heavy (non-hydrogen) atoms. The van der Waals surface area contributed by atoms with Crippen LogP contribution >= 0.6 is 0 Å². The lowest BCUT2D eigenvalue weighted by Crippen LogP contribution is -2.23. The van der Waals surface area contributed by atoms with Crippen molar-refractivity contribution in [2.45, 2.75) is 52.2 Å². The normalized spacial score (nSPS) is 13.8. The highest BCUT2D eigenvalue weighted by Gasteiger charge is 2.16. The van der Waals surface area contributed by atoms with E-state index in [1.165, 1.54) is 0 Å². The molecule has 0 amide bonds. The smallest absolute Gasteiger partial charge is 0.164 e. The summed E-state index contributed by atoms with van der Waals surface area (Å²) in [5.74, 6) is 1.62. The molecule has 2 unspecified atom stereocenters. The average molecular weight is 295 g/mol. The zero-order valence-electron chi connectivity index (χ0n) is 13.7. The Kier molecular flexibility index (Phi) is 8.16. The standard InChI is InChI=1S/C17H29NO3/c1-5-15(18)12-14-8-7-9-16(20-6-2)17(14)21-13(3)10-11-19-4/h7-9,13,15H,5-6,10-12,18H2,1-4H3. The summed E-state index contributed by atoms with van der Waals surface area (Å²) in [6.07, 6.45) is 2.65. The van der Waals surface area contributed by atoms with Crippen molar-refractivity contribution >= 4 is 0 Å². The van der Waals surface area contributed by atoms with Crippen molar-refractivity contribution in [1.82, 2.24) is 0 Å². The molecule has 4 heteroatoms. The van der Waals surface area contributed by atoms with E-state index in [4.69, 9.17) is 19.9 Å². The van der Waals surface area contributed by atoms with Crippen LogP contribution in [0.25, 0.3) is 0 Å². The second-order valence-corrected chi connectivity index (χ2v) is 5.26. The highest BCUT2D eigenvalue weighted by atomic mass is 16.5. The van der Waals surface area contributed by atoms with Gasteiger partial charge in [-0.15, -0.1) is 0 Å². The molecule has 4 nitrogen and oxygen atoms in total. The molecule has 1 rings (SSSR count). The van der Waals surface area contributed by atoms with E-state index >= 15 is 0 Å². The van der Waals surface area contributed by atoms with Crippen molar-refractivity contribution in [2.24, 2.45) is 5.73 Å². The highest BCUT2D eigenvalue weighted by Crippen LogP contribution is 2.33. The lowest BCUT2D eigenvalue weighted by molar-refractivity contribution is 0.131. The van der Waals surface area contributed by atoms with Gasteiger partial charge in [0, 0.05) is 26.2 Å². The van der Waals surface area contributed by atoms with Crippen LogP contribution in [0.4, 0.5) is 0 Å². The summed E-state index contributed by atoms with van der Waals surface area (Å²) < 4.78 is 16.9. The molecule has 0 aliphatic rings. The molecule has 0 radical (unpaired) electrons. The number of nitrogens with two attached hydrogens (primary N) is 1. The molecule has 0 saturated carbocycles. The molecule has 120 valence electrons. The lowest BCUT2D eigenvalue weighted by Gasteiger charge is -2.21. The van der Waals surface area contributed by atoms with E-state index in [0.717, 1.165) is 36.3 Å². The Morgan fingerprint density at radius 2 is 2.00 bits per heavy atom. The van der Waals surface area contributed by atoms with Crippen LogP contribution in [0.15, 0.2) is 18.2 Å². The first-order valence-electron chi connectivity index (χ1n) is 7.78. The molecule has 0 bridgehead atoms. The summed E-state index contributed by atoms with van der Waals surface area (Å²) in [4.78, 5) is 0. The Morgan fingerprint density at radius 1 is 1.24 bits per heavy atom. The van der Waals surface area contributed by atoms with Crippen LogP contribution in [0, 0.1) is 0 Å².